The lowest BCUT2D eigenvalue weighted by Crippen LogP contribution is -2.44. The van der Waals surface area contributed by atoms with Crippen molar-refractivity contribution < 1.29 is 4.79 Å². The van der Waals surface area contributed by atoms with Gasteiger partial charge in [0.15, 0.2) is 0 Å². The summed E-state index contributed by atoms with van der Waals surface area (Å²) in [6, 6.07) is 7.06. The normalized spacial score (nSPS) is 37.8. The van der Waals surface area contributed by atoms with E-state index in [-0.39, 0.29) is 5.41 Å². The second-order valence-corrected chi connectivity index (χ2v) is 7.63. The van der Waals surface area contributed by atoms with Gasteiger partial charge in [0.1, 0.15) is 5.78 Å². The molecule has 3 unspecified atom stereocenters. The van der Waals surface area contributed by atoms with Gasteiger partial charge in [0.25, 0.3) is 0 Å². The van der Waals surface area contributed by atoms with Crippen molar-refractivity contribution in [1.82, 2.24) is 0 Å². The first kappa shape index (κ1) is 13.5. The van der Waals surface area contributed by atoms with Crippen molar-refractivity contribution in [2.45, 2.75) is 64.7 Å². The lowest BCUT2D eigenvalue weighted by atomic mass is 9.54. The molecule has 1 aromatic rings. The van der Waals surface area contributed by atoms with Crippen molar-refractivity contribution in [3.8, 4) is 0 Å². The van der Waals surface area contributed by atoms with Crippen LogP contribution in [0, 0.1) is 24.2 Å². The Hall–Kier alpha value is -1.11. The van der Waals surface area contributed by atoms with E-state index in [1.165, 1.54) is 24.8 Å². The van der Waals surface area contributed by atoms with Gasteiger partial charge in [-0.3, -0.25) is 4.79 Å². The van der Waals surface area contributed by atoms with E-state index in [0.717, 1.165) is 37.5 Å². The molecule has 4 atom stereocenters. The van der Waals surface area contributed by atoms with E-state index in [0.29, 0.717) is 11.7 Å². The van der Waals surface area contributed by atoms with Crippen LogP contribution < -0.4 is 0 Å². The minimum atomic E-state index is 0.0589. The molecule has 0 amide bonds. The number of benzene rings is 1. The van der Waals surface area contributed by atoms with Crippen molar-refractivity contribution in [2.24, 2.45) is 17.3 Å². The molecule has 1 heteroatoms. The lowest BCUT2D eigenvalue weighted by molar-refractivity contribution is -0.131. The Morgan fingerprint density at radius 2 is 2.05 bits per heavy atom. The molecular weight excluding hydrogens is 256 g/mol. The van der Waals surface area contributed by atoms with Crippen LogP contribution in [0.25, 0.3) is 0 Å². The Morgan fingerprint density at radius 3 is 2.86 bits per heavy atom. The Labute approximate surface area is 128 Å². The van der Waals surface area contributed by atoms with E-state index >= 15 is 0 Å². The minimum absolute atomic E-state index is 0.0589. The topological polar surface area (TPSA) is 17.1 Å². The van der Waals surface area contributed by atoms with E-state index in [1.807, 2.05) is 0 Å². The van der Waals surface area contributed by atoms with Gasteiger partial charge in [0, 0.05) is 11.8 Å². The molecule has 0 saturated heterocycles. The summed E-state index contributed by atoms with van der Waals surface area (Å²) in [5.41, 5.74) is 4.65. The summed E-state index contributed by atoms with van der Waals surface area (Å²) < 4.78 is 0. The van der Waals surface area contributed by atoms with Gasteiger partial charge >= 0.3 is 0 Å². The standard InChI is InChI=1S/C20H26O/c1-3-20-11-10-16-15-6-4-13(2)12-14(15)5-7-17(16)18(20)8-9-19(20)21/h4,6,12,16-18H,3,5,7-11H2,1-2H3/t16?,17?,18?,20-/m0/s1. The van der Waals surface area contributed by atoms with Crippen molar-refractivity contribution in [3.05, 3.63) is 34.9 Å². The molecule has 0 radical (unpaired) electrons. The SMILES string of the molecule is CC[C@]12CCC3c4ccc(C)cc4CCC3C1CCC2=O. The van der Waals surface area contributed by atoms with Gasteiger partial charge in [-0.1, -0.05) is 30.7 Å². The van der Waals surface area contributed by atoms with E-state index in [2.05, 4.69) is 32.0 Å². The summed E-state index contributed by atoms with van der Waals surface area (Å²) in [6.45, 7) is 4.45. The maximum absolute atomic E-state index is 12.5. The zero-order chi connectivity index (χ0) is 14.6. The number of hydrogen-bond acceptors (Lipinski definition) is 1. The van der Waals surface area contributed by atoms with Gasteiger partial charge in [-0.2, -0.15) is 0 Å². The van der Waals surface area contributed by atoms with Gasteiger partial charge in [0.2, 0.25) is 0 Å². The highest BCUT2D eigenvalue weighted by Crippen LogP contribution is 2.60. The minimum Gasteiger partial charge on any atom is -0.299 e. The molecule has 3 aliphatic rings. The Bertz CT molecular complexity index is 588. The van der Waals surface area contributed by atoms with Crippen LogP contribution in [0.15, 0.2) is 18.2 Å². The number of aryl methyl sites for hydroxylation is 2. The first-order chi connectivity index (χ1) is 10.2. The van der Waals surface area contributed by atoms with Gasteiger partial charge in [-0.05, 0) is 74.3 Å². The fourth-order valence-electron chi connectivity index (χ4n) is 5.93. The highest BCUT2D eigenvalue weighted by atomic mass is 16.1. The van der Waals surface area contributed by atoms with Crippen molar-refractivity contribution in [1.29, 1.82) is 0 Å². The molecule has 1 nitrogen and oxygen atoms in total. The van der Waals surface area contributed by atoms with Crippen LogP contribution in [-0.4, -0.2) is 5.78 Å². The quantitative estimate of drug-likeness (QED) is 0.722. The van der Waals surface area contributed by atoms with Crippen LogP contribution in [0.2, 0.25) is 0 Å². The van der Waals surface area contributed by atoms with Crippen LogP contribution in [0.5, 0.6) is 0 Å². The molecule has 4 rings (SSSR count). The first-order valence-electron chi connectivity index (χ1n) is 8.78. The second kappa shape index (κ2) is 4.69. The maximum atomic E-state index is 12.5. The van der Waals surface area contributed by atoms with E-state index in [4.69, 9.17) is 0 Å². The second-order valence-electron chi connectivity index (χ2n) is 7.63. The van der Waals surface area contributed by atoms with Crippen molar-refractivity contribution in [2.75, 3.05) is 0 Å². The van der Waals surface area contributed by atoms with Crippen LogP contribution in [0.4, 0.5) is 0 Å². The van der Waals surface area contributed by atoms with Crippen LogP contribution >= 0.6 is 0 Å². The average Bonchev–Trinajstić information content (AvgIpc) is 2.84. The summed E-state index contributed by atoms with van der Waals surface area (Å²) in [5.74, 6) is 2.75. The largest absolute Gasteiger partial charge is 0.299 e. The van der Waals surface area contributed by atoms with Crippen LogP contribution in [0.3, 0.4) is 0 Å². The molecule has 0 aliphatic heterocycles. The van der Waals surface area contributed by atoms with Gasteiger partial charge in [0.05, 0.1) is 0 Å². The zero-order valence-electron chi connectivity index (χ0n) is 13.3. The summed E-state index contributed by atoms with van der Waals surface area (Å²) in [5, 5.41) is 0. The molecule has 0 aromatic heterocycles. The monoisotopic (exact) mass is 282 g/mol. The molecule has 21 heavy (non-hydrogen) atoms. The third-order valence-corrected chi connectivity index (χ3v) is 6.96. The average molecular weight is 282 g/mol. The number of carbonyl (C=O) groups excluding carboxylic acids is 1. The van der Waals surface area contributed by atoms with Crippen LogP contribution in [-0.2, 0) is 11.2 Å². The van der Waals surface area contributed by atoms with Gasteiger partial charge in [-0.15, -0.1) is 0 Å². The molecule has 2 saturated carbocycles. The third-order valence-electron chi connectivity index (χ3n) is 6.96. The Morgan fingerprint density at radius 1 is 1.19 bits per heavy atom. The highest BCUT2D eigenvalue weighted by Gasteiger charge is 2.56. The van der Waals surface area contributed by atoms with E-state index in [1.54, 1.807) is 11.1 Å². The maximum Gasteiger partial charge on any atom is 0.139 e. The van der Waals surface area contributed by atoms with Crippen molar-refractivity contribution in [3.63, 3.8) is 0 Å². The number of Topliss-reactive ketones (excluding diaryl/α,β-unsaturated/α-hetero) is 1. The molecule has 0 bridgehead atoms. The van der Waals surface area contributed by atoms with E-state index < -0.39 is 0 Å². The first-order valence-corrected chi connectivity index (χ1v) is 8.78. The van der Waals surface area contributed by atoms with Crippen LogP contribution in [0.1, 0.15) is 68.1 Å². The molecule has 0 spiro atoms. The fourth-order valence-corrected chi connectivity index (χ4v) is 5.93. The fraction of sp³-hybridized carbons (Fsp3) is 0.650. The molecule has 112 valence electrons. The summed E-state index contributed by atoms with van der Waals surface area (Å²) in [6.07, 6.45) is 7.99. The predicted molar refractivity (Wildman–Crippen MR) is 85.4 cm³/mol. The molecule has 0 heterocycles. The number of rotatable bonds is 1. The molecule has 2 fully saturated rings. The predicted octanol–water partition coefficient (Wildman–Crippen LogP) is 4.81. The van der Waals surface area contributed by atoms with E-state index in [9.17, 15) is 4.79 Å². The number of hydrogen-bond donors (Lipinski definition) is 0. The Balaban J connectivity index is 1.73. The summed E-state index contributed by atoms with van der Waals surface area (Å²) in [7, 11) is 0. The number of carbonyl (C=O) groups is 1. The lowest BCUT2D eigenvalue weighted by Gasteiger charge is -2.49. The zero-order valence-corrected chi connectivity index (χ0v) is 13.3. The summed E-state index contributed by atoms with van der Waals surface area (Å²) >= 11 is 0. The van der Waals surface area contributed by atoms with Gasteiger partial charge < -0.3 is 0 Å². The number of fused-ring (bicyclic) bond motifs is 5. The molecule has 3 aliphatic carbocycles. The summed E-state index contributed by atoms with van der Waals surface area (Å²) in [4.78, 5) is 12.5. The smallest absolute Gasteiger partial charge is 0.139 e. The van der Waals surface area contributed by atoms with Gasteiger partial charge in [-0.25, -0.2) is 0 Å². The number of ketones is 1. The molecular formula is C20H26O. The third kappa shape index (κ3) is 1.79. The highest BCUT2D eigenvalue weighted by molar-refractivity contribution is 5.87. The molecule has 0 N–H and O–H groups in total. The Kier molecular flexibility index (Phi) is 3.03. The molecule has 1 aromatic carbocycles. The van der Waals surface area contributed by atoms with Crippen molar-refractivity contribution >= 4 is 5.78 Å².